The van der Waals surface area contributed by atoms with E-state index in [0.717, 1.165) is 24.0 Å². The highest BCUT2D eigenvalue weighted by atomic mass is 17.1. The molecule has 3 nitrogen and oxygen atoms in total. The SMILES string of the molecule is CCCc1ccc(C(OO)c2ccc(C#N)cc2)cc1. The van der Waals surface area contributed by atoms with Crippen molar-refractivity contribution in [3.63, 3.8) is 0 Å². The molecular weight excluding hydrogens is 250 g/mol. The van der Waals surface area contributed by atoms with Gasteiger partial charge in [-0.15, -0.1) is 0 Å². The monoisotopic (exact) mass is 267 g/mol. The summed E-state index contributed by atoms with van der Waals surface area (Å²) in [5, 5.41) is 18.0. The molecule has 0 aliphatic rings. The van der Waals surface area contributed by atoms with Gasteiger partial charge < -0.3 is 0 Å². The molecule has 1 unspecified atom stereocenters. The molecular formula is C17H17NO2. The van der Waals surface area contributed by atoms with Crippen LogP contribution in [-0.2, 0) is 11.3 Å². The number of hydrogen-bond donors (Lipinski definition) is 1. The molecule has 2 aromatic carbocycles. The van der Waals surface area contributed by atoms with Crippen LogP contribution in [0.5, 0.6) is 0 Å². The molecule has 1 atom stereocenters. The van der Waals surface area contributed by atoms with Crippen molar-refractivity contribution in [3.8, 4) is 6.07 Å². The predicted molar refractivity (Wildman–Crippen MR) is 77.2 cm³/mol. The Morgan fingerprint density at radius 3 is 2.05 bits per heavy atom. The van der Waals surface area contributed by atoms with Gasteiger partial charge in [-0.2, -0.15) is 5.26 Å². The van der Waals surface area contributed by atoms with E-state index in [1.54, 1.807) is 24.3 Å². The summed E-state index contributed by atoms with van der Waals surface area (Å²) in [6.45, 7) is 2.14. The zero-order valence-corrected chi connectivity index (χ0v) is 11.4. The van der Waals surface area contributed by atoms with Gasteiger partial charge in [-0.05, 0) is 35.2 Å². The lowest BCUT2D eigenvalue weighted by atomic mass is 9.98. The van der Waals surface area contributed by atoms with Crippen LogP contribution in [0.25, 0.3) is 0 Å². The average Bonchev–Trinajstić information content (AvgIpc) is 2.51. The Morgan fingerprint density at radius 1 is 1.05 bits per heavy atom. The van der Waals surface area contributed by atoms with Gasteiger partial charge in [0.05, 0.1) is 11.6 Å². The van der Waals surface area contributed by atoms with Crippen LogP contribution < -0.4 is 0 Å². The largest absolute Gasteiger partial charge is 0.251 e. The van der Waals surface area contributed by atoms with E-state index in [1.165, 1.54) is 5.56 Å². The first-order valence-corrected chi connectivity index (χ1v) is 6.67. The van der Waals surface area contributed by atoms with Crippen LogP contribution in [0.4, 0.5) is 0 Å². The fraction of sp³-hybridized carbons (Fsp3) is 0.235. The predicted octanol–water partition coefficient (Wildman–Crippen LogP) is 4.09. The standard InChI is InChI=1S/C17H17NO2/c1-2-3-13-4-8-15(9-5-13)17(20-19)16-10-6-14(12-18)7-11-16/h4-11,17,19H,2-3H2,1H3. The number of nitrogens with zero attached hydrogens (tertiary/aromatic N) is 1. The third-order valence-corrected chi connectivity index (χ3v) is 3.27. The average molecular weight is 267 g/mol. The van der Waals surface area contributed by atoms with Crippen molar-refractivity contribution in [3.05, 3.63) is 70.8 Å². The molecule has 0 amide bonds. The summed E-state index contributed by atoms with van der Waals surface area (Å²) in [6, 6.07) is 17.1. The summed E-state index contributed by atoms with van der Waals surface area (Å²) in [5.74, 6) is 0. The van der Waals surface area contributed by atoms with Crippen LogP contribution in [-0.4, -0.2) is 5.26 Å². The number of aryl methyl sites for hydroxylation is 1. The van der Waals surface area contributed by atoms with Gasteiger partial charge >= 0.3 is 0 Å². The second-order valence-corrected chi connectivity index (χ2v) is 4.71. The molecule has 0 fully saturated rings. The second kappa shape index (κ2) is 6.85. The summed E-state index contributed by atoms with van der Waals surface area (Å²) >= 11 is 0. The fourth-order valence-electron chi connectivity index (χ4n) is 2.19. The Balaban J connectivity index is 2.24. The van der Waals surface area contributed by atoms with Gasteiger partial charge in [0, 0.05) is 0 Å². The maximum absolute atomic E-state index is 9.17. The summed E-state index contributed by atoms with van der Waals surface area (Å²) in [5.41, 5.74) is 3.56. The summed E-state index contributed by atoms with van der Waals surface area (Å²) < 4.78 is 0. The highest BCUT2D eigenvalue weighted by Gasteiger charge is 2.14. The summed E-state index contributed by atoms with van der Waals surface area (Å²) in [4.78, 5) is 4.61. The molecule has 0 aliphatic heterocycles. The lowest BCUT2D eigenvalue weighted by molar-refractivity contribution is -0.270. The van der Waals surface area contributed by atoms with Crippen molar-refractivity contribution in [1.82, 2.24) is 0 Å². The van der Waals surface area contributed by atoms with Gasteiger partial charge in [0.1, 0.15) is 6.10 Å². The minimum atomic E-state index is -0.529. The van der Waals surface area contributed by atoms with Gasteiger partial charge in [-0.3, -0.25) is 5.26 Å². The first-order valence-electron chi connectivity index (χ1n) is 6.67. The quantitative estimate of drug-likeness (QED) is 0.655. The van der Waals surface area contributed by atoms with Crippen LogP contribution >= 0.6 is 0 Å². The lowest BCUT2D eigenvalue weighted by Crippen LogP contribution is -2.04. The Bertz CT molecular complexity index is 582. The van der Waals surface area contributed by atoms with E-state index < -0.39 is 6.10 Å². The molecule has 0 bridgehead atoms. The Kier molecular flexibility index (Phi) is 4.89. The first-order chi connectivity index (χ1) is 9.78. The first kappa shape index (κ1) is 14.3. The van der Waals surface area contributed by atoms with Gasteiger partial charge in [-0.1, -0.05) is 49.7 Å². The lowest BCUT2D eigenvalue weighted by Gasteiger charge is -2.14. The molecule has 0 saturated carbocycles. The third-order valence-electron chi connectivity index (χ3n) is 3.27. The highest BCUT2D eigenvalue weighted by molar-refractivity contribution is 5.37. The Morgan fingerprint density at radius 2 is 1.60 bits per heavy atom. The molecule has 0 heterocycles. The van der Waals surface area contributed by atoms with Crippen LogP contribution in [0, 0.1) is 11.3 Å². The van der Waals surface area contributed by atoms with E-state index in [4.69, 9.17) is 10.5 Å². The normalized spacial score (nSPS) is 11.8. The zero-order valence-electron chi connectivity index (χ0n) is 11.4. The van der Waals surface area contributed by atoms with Crippen molar-refractivity contribution in [2.75, 3.05) is 0 Å². The number of hydrogen-bond acceptors (Lipinski definition) is 3. The number of nitriles is 1. The summed E-state index contributed by atoms with van der Waals surface area (Å²) in [6.07, 6.45) is 1.62. The van der Waals surface area contributed by atoms with E-state index in [-0.39, 0.29) is 0 Å². The minimum Gasteiger partial charge on any atom is -0.251 e. The molecule has 20 heavy (non-hydrogen) atoms. The molecule has 0 aliphatic carbocycles. The maximum Gasteiger partial charge on any atom is 0.143 e. The Labute approximate surface area is 119 Å². The second-order valence-electron chi connectivity index (χ2n) is 4.71. The fourth-order valence-corrected chi connectivity index (χ4v) is 2.19. The molecule has 2 rings (SSSR count). The van der Waals surface area contributed by atoms with Crippen LogP contribution in [0.1, 0.15) is 41.7 Å². The van der Waals surface area contributed by atoms with E-state index in [1.807, 2.05) is 12.1 Å². The van der Waals surface area contributed by atoms with Crippen LogP contribution in [0.2, 0.25) is 0 Å². The molecule has 1 N–H and O–H groups in total. The van der Waals surface area contributed by atoms with Gasteiger partial charge in [0.25, 0.3) is 0 Å². The van der Waals surface area contributed by atoms with Crippen molar-refractivity contribution in [2.45, 2.75) is 25.9 Å². The molecule has 0 spiro atoms. The molecule has 0 radical (unpaired) electrons. The smallest absolute Gasteiger partial charge is 0.143 e. The number of rotatable bonds is 5. The van der Waals surface area contributed by atoms with Crippen molar-refractivity contribution < 1.29 is 10.1 Å². The van der Waals surface area contributed by atoms with Gasteiger partial charge in [0.15, 0.2) is 0 Å². The third kappa shape index (κ3) is 3.24. The van der Waals surface area contributed by atoms with Crippen molar-refractivity contribution >= 4 is 0 Å². The molecule has 3 heteroatoms. The van der Waals surface area contributed by atoms with Crippen molar-refractivity contribution in [2.24, 2.45) is 0 Å². The van der Waals surface area contributed by atoms with E-state index in [9.17, 15) is 0 Å². The zero-order chi connectivity index (χ0) is 14.4. The van der Waals surface area contributed by atoms with E-state index in [2.05, 4.69) is 30.0 Å². The van der Waals surface area contributed by atoms with E-state index >= 15 is 0 Å². The van der Waals surface area contributed by atoms with Crippen LogP contribution in [0.3, 0.4) is 0 Å². The maximum atomic E-state index is 9.17. The molecule has 0 saturated heterocycles. The molecule has 102 valence electrons. The van der Waals surface area contributed by atoms with Crippen LogP contribution in [0.15, 0.2) is 48.5 Å². The highest BCUT2D eigenvalue weighted by Crippen LogP contribution is 2.25. The Hall–Kier alpha value is -2.15. The minimum absolute atomic E-state index is 0.529. The molecule has 2 aromatic rings. The van der Waals surface area contributed by atoms with Gasteiger partial charge in [0.2, 0.25) is 0 Å². The number of benzene rings is 2. The van der Waals surface area contributed by atoms with E-state index in [0.29, 0.717) is 5.56 Å². The van der Waals surface area contributed by atoms with Crippen molar-refractivity contribution in [1.29, 1.82) is 5.26 Å². The molecule has 0 aromatic heterocycles. The van der Waals surface area contributed by atoms with Gasteiger partial charge in [-0.25, -0.2) is 4.89 Å². The topological polar surface area (TPSA) is 53.2 Å². The summed E-state index contributed by atoms with van der Waals surface area (Å²) in [7, 11) is 0.